The lowest BCUT2D eigenvalue weighted by molar-refractivity contribution is -0.137. The Bertz CT molecular complexity index is 398. The fourth-order valence-electron chi connectivity index (χ4n) is 1.76. The van der Waals surface area contributed by atoms with E-state index in [2.05, 4.69) is 0 Å². The molecule has 18 heavy (non-hydrogen) atoms. The van der Waals surface area contributed by atoms with Crippen LogP contribution in [0.25, 0.3) is 0 Å². The Morgan fingerprint density at radius 1 is 1.28 bits per heavy atom. The maximum absolute atomic E-state index is 12.4. The van der Waals surface area contributed by atoms with E-state index < -0.39 is 11.7 Å². The number of nitrogens with two attached hydrogens (primary N) is 1. The molecule has 0 aromatic heterocycles. The zero-order valence-corrected chi connectivity index (χ0v) is 10.1. The average Bonchev–Trinajstić information content (AvgIpc) is 2.34. The Morgan fingerprint density at radius 3 is 2.22 bits per heavy atom. The van der Waals surface area contributed by atoms with Crippen LogP contribution in [0.5, 0.6) is 0 Å². The third-order valence-electron chi connectivity index (χ3n) is 2.79. The van der Waals surface area contributed by atoms with Crippen molar-refractivity contribution in [3.8, 4) is 0 Å². The molecule has 5 heteroatoms. The van der Waals surface area contributed by atoms with E-state index in [1.807, 2.05) is 6.92 Å². The van der Waals surface area contributed by atoms with Crippen LogP contribution >= 0.6 is 0 Å². The van der Waals surface area contributed by atoms with Crippen molar-refractivity contribution < 1.29 is 18.0 Å². The summed E-state index contributed by atoms with van der Waals surface area (Å²) in [5.41, 5.74) is 5.03. The number of carbonyl (C=O) groups excluding carboxylic acids is 1. The summed E-state index contributed by atoms with van der Waals surface area (Å²) in [6.07, 6.45) is -2.91. The second-order valence-electron chi connectivity index (χ2n) is 4.16. The largest absolute Gasteiger partial charge is 0.416 e. The van der Waals surface area contributed by atoms with Gasteiger partial charge in [0.2, 0.25) is 0 Å². The van der Waals surface area contributed by atoms with E-state index in [0.29, 0.717) is 6.42 Å². The first-order valence-electron chi connectivity index (χ1n) is 5.81. The summed E-state index contributed by atoms with van der Waals surface area (Å²) >= 11 is 0. The van der Waals surface area contributed by atoms with Gasteiger partial charge in [-0.2, -0.15) is 13.2 Å². The minimum atomic E-state index is -4.38. The van der Waals surface area contributed by atoms with Crippen molar-refractivity contribution in [1.82, 2.24) is 0 Å². The molecule has 0 bridgehead atoms. The minimum absolute atomic E-state index is 0.187. The third kappa shape index (κ3) is 3.57. The molecule has 0 fully saturated rings. The Hall–Kier alpha value is -1.36. The summed E-state index contributed by atoms with van der Waals surface area (Å²) in [7, 11) is 0. The monoisotopic (exact) mass is 259 g/mol. The van der Waals surface area contributed by atoms with Gasteiger partial charge in [-0.05, 0) is 18.6 Å². The molecule has 0 heterocycles. The standard InChI is InChI=1S/C13H16F3NO/c1-2-3-10(8-17)12(18)9-4-6-11(7-5-9)13(14,15)16/h4-7,10H,2-3,8,17H2,1H3. The second-order valence-corrected chi connectivity index (χ2v) is 4.16. The van der Waals surface area contributed by atoms with E-state index in [9.17, 15) is 18.0 Å². The molecule has 1 aromatic carbocycles. The molecule has 0 aliphatic rings. The molecule has 2 nitrogen and oxygen atoms in total. The molecular weight excluding hydrogens is 243 g/mol. The molecule has 0 aliphatic heterocycles. The first-order valence-corrected chi connectivity index (χ1v) is 5.81. The molecule has 0 aliphatic carbocycles. The van der Waals surface area contributed by atoms with Crippen molar-refractivity contribution in [3.05, 3.63) is 35.4 Å². The summed E-state index contributed by atoms with van der Waals surface area (Å²) in [6.45, 7) is 2.15. The Morgan fingerprint density at radius 2 is 1.83 bits per heavy atom. The lowest BCUT2D eigenvalue weighted by Crippen LogP contribution is -2.23. The molecule has 1 unspecified atom stereocenters. The number of carbonyl (C=O) groups is 1. The summed E-state index contributed by atoms with van der Waals surface area (Å²) in [5.74, 6) is -0.500. The maximum Gasteiger partial charge on any atom is 0.416 e. The van der Waals surface area contributed by atoms with Gasteiger partial charge in [-0.1, -0.05) is 25.5 Å². The van der Waals surface area contributed by atoms with Gasteiger partial charge in [0.05, 0.1) is 5.56 Å². The van der Waals surface area contributed by atoms with Crippen molar-refractivity contribution in [2.45, 2.75) is 25.9 Å². The van der Waals surface area contributed by atoms with Crippen LogP contribution in [-0.2, 0) is 6.18 Å². The van der Waals surface area contributed by atoms with Crippen molar-refractivity contribution >= 4 is 5.78 Å². The Balaban J connectivity index is 2.88. The highest BCUT2D eigenvalue weighted by molar-refractivity contribution is 5.98. The van der Waals surface area contributed by atoms with E-state index in [1.54, 1.807) is 0 Å². The first-order chi connectivity index (χ1) is 8.40. The number of alkyl halides is 3. The number of ketones is 1. The van der Waals surface area contributed by atoms with E-state index in [0.717, 1.165) is 18.6 Å². The van der Waals surface area contributed by atoms with Crippen LogP contribution < -0.4 is 5.73 Å². The van der Waals surface area contributed by atoms with Crippen LogP contribution in [0.4, 0.5) is 13.2 Å². The van der Waals surface area contributed by atoms with Crippen LogP contribution in [-0.4, -0.2) is 12.3 Å². The minimum Gasteiger partial charge on any atom is -0.330 e. The van der Waals surface area contributed by atoms with E-state index >= 15 is 0 Å². The van der Waals surface area contributed by atoms with E-state index in [1.165, 1.54) is 12.1 Å². The Labute approximate surface area is 104 Å². The van der Waals surface area contributed by atoms with E-state index in [-0.39, 0.29) is 23.8 Å². The molecule has 0 spiro atoms. The quantitative estimate of drug-likeness (QED) is 0.825. The maximum atomic E-state index is 12.4. The summed E-state index contributed by atoms with van der Waals surface area (Å²) in [6, 6.07) is 4.27. The fourth-order valence-corrected chi connectivity index (χ4v) is 1.76. The highest BCUT2D eigenvalue weighted by Gasteiger charge is 2.30. The van der Waals surface area contributed by atoms with Crippen LogP contribution in [0.2, 0.25) is 0 Å². The number of Topliss-reactive ketones (excluding diaryl/α,β-unsaturated/α-hetero) is 1. The average molecular weight is 259 g/mol. The normalized spacial score (nSPS) is 13.4. The van der Waals surface area contributed by atoms with E-state index in [4.69, 9.17) is 5.73 Å². The van der Waals surface area contributed by atoms with Crippen LogP contribution in [0.15, 0.2) is 24.3 Å². The predicted octanol–water partition coefficient (Wildman–Crippen LogP) is 3.26. The molecule has 100 valence electrons. The fraction of sp³-hybridized carbons (Fsp3) is 0.462. The van der Waals surface area contributed by atoms with Gasteiger partial charge in [0.1, 0.15) is 0 Å². The topological polar surface area (TPSA) is 43.1 Å². The molecular formula is C13H16F3NO. The molecule has 0 amide bonds. The molecule has 0 saturated carbocycles. The van der Waals surface area contributed by atoms with Gasteiger partial charge in [-0.15, -0.1) is 0 Å². The molecule has 2 N–H and O–H groups in total. The van der Waals surface area contributed by atoms with Gasteiger partial charge in [-0.3, -0.25) is 4.79 Å². The van der Waals surface area contributed by atoms with Crippen molar-refractivity contribution in [2.24, 2.45) is 11.7 Å². The lowest BCUT2D eigenvalue weighted by Gasteiger charge is -2.13. The number of rotatable bonds is 5. The molecule has 0 radical (unpaired) electrons. The summed E-state index contributed by atoms with van der Waals surface area (Å²) in [4.78, 5) is 12.0. The van der Waals surface area contributed by atoms with Crippen LogP contribution in [0, 0.1) is 5.92 Å². The molecule has 1 aromatic rings. The lowest BCUT2D eigenvalue weighted by atomic mass is 9.93. The van der Waals surface area contributed by atoms with Crippen molar-refractivity contribution in [1.29, 1.82) is 0 Å². The third-order valence-corrected chi connectivity index (χ3v) is 2.79. The molecule has 1 atom stereocenters. The van der Waals surface area contributed by atoms with Gasteiger partial charge >= 0.3 is 6.18 Å². The highest BCUT2D eigenvalue weighted by atomic mass is 19.4. The number of hydrogen-bond acceptors (Lipinski definition) is 2. The summed E-state index contributed by atoms with van der Waals surface area (Å²) in [5, 5.41) is 0. The smallest absolute Gasteiger partial charge is 0.330 e. The van der Waals surface area contributed by atoms with Gasteiger partial charge in [0.15, 0.2) is 5.78 Å². The first kappa shape index (κ1) is 14.7. The molecule has 0 saturated heterocycles. The second kappa shape index (κ2) is 6.00. The predicted molar refractivity (Wildman–Crippen MR) is 63.2 cm³/mol. The zero-order valence-electron chi connectivity index (χ0n) is 10.1. The zero-order chi connectivity index (χ0) is 13.8. The van der Waals surface area contributed by atoms with Crippen molar-refractivity contribution in [2.75, 3.05) is 6.54 Å². The van der Waals surface area contributed by atoms with Gasteiger partial charge in [0.25, 0.3) is 0 Å². The van der Waals surface area contributed by atoms with Gasteiger partial charge < -0.3 is 5.73 Å². The SMILES string of the molecule is CCCC(CN)C(=O)c1ccc(C(F)(F)F)cc1. The van der Waals surface area contributed by atoms with Gasteiger partial charge in [0, 0.05) is 18.0 Å². The number of hydrogen-bond donors (Lipinski definition) is 1. The number of halogens is 3. The van der Waals surface area contributed by atoms with Gasteiger partial charge in [-0.25, -0.2) is 0 Å². The molecule has 1 rings (SSSR count). The van der Waals surface area contributed by atoms with Crippen molar-refractivity contribution in [3.63, 3.8) is 0 Å². The Kier molecular flexibility index (Phi) is 4.90. The van der Waals surface area contributed by atoms with Crippen LogP contribution in [0.1, 0.15) is 35.7 Å². The number of benzene rings is 1. The van der Waals surface area contributed by atoms with Crippen LogP contribution in [0.3, 0.4) is 0 Å². The highest BCUT2D eigenvalue weighted by Crippen LogP contribution is 2.29. The summed E-state index contributed by atoms with van der Waals surface area (Å²) < 4.78 is 37.1.